The average molecular weight is 273 g/mol. The van der Waals surface area contributed by atoms with E-state index in [2.05, 4.69) is 15.3 Å². The molecule has 0 radical (unpaired) electrons. The monoisotopic (exact) mass is 272 g/mol. The van der Waals surface area contributed by atoms with Crippen LogP contribution in [-0.4, -0.2) is 25.9 Å². The molecule has 0 atom stereocenters. The van der Waals surface area contributed by atoms with Gasteiger partial charge in [-0.1, -0.05) is 11.3 Å². The third-order valence-electron chi connectivity index (χ3n) is 2.98. The van der Waals surface area contributed by atoms with E-state index in [-0.39, 0.29) is 0 Å². The lowest BCUT2D eigenvalue weighted by Gasteiger charge is -2.04. The van der Waals surface area contributed by atoms with E-state index in [1.807, 2.05) is 36.5 Å². The summed E-state index contributed by atoms with van der Waals surface area (Å²) in [7, 11) is 0. The second-order valence-electron chi connectivity index (χ2n) is 4.29. The first-order valence-electron chi connectivity index (χ1n) is 6.20. The molecule has 1 aromatic carbocycles. The first-order valence-corrected chi connectivity index (χ1v) is 6.73. The minimum atomic E-state index is 0.644. The first kappa shape index (κ1) is 12.1. The number of fused-ring (bicyclic) bond motifs is 1. The predicted molar refractivity (Wildman–Crippen MR) is 75.7 cm³/mol. The van der Waals surface area contributed by atoms with Crippen molar-refractivity contribution < 1.29 is 0 Å². The largest absolute Gasteiger partial charge is 0.256 e. The van der Waals surface area contributed by atoms with E-state index < -0.39 is 0 Å². The zero-order valence-electron chi connectivity index (χ0n) is 10.3. The predicted octanol–water partition coefficient (Wildman–Crippen LogP) is 2.99. The first-order chi connectivity index (χ1) is 9.38. The van der Waals surface area contributed by atoms with Crippen LogP contribution in [0.5, 0.6) is 0 Å². The summed E-state index contributed by atoms with van der Waals surface area (Å²) in [5.74, 6) is 0.644. The fourth-order valence-corrected chi connectivity index (χ4v) is 2.20. The molecule has 2 heterocycles. The van der Waals surface area contributed by atoms with Gasteiger partial charge in [-0.15, -0.1) is 16.7 Å². The molecule has 0 saturated carbocycles. The number of aromatic nitrogens is 4. The highest BCUT2D eigenvalue weighted by atomic mass is 35.5. The highest BCUT2D eigenvalue weighted by Gasteiger charge is 2.06. The van der Waals surface area contributed by atoms with Crippen LogP contribution in [0, 0.1) is 0 Å². The van der Waals surface area contributed by atoms with Gasteiger partial charge in [0.15, 0.2) is 0 Å². The fraction of sp³-hybridized carbons (Fsp3) is 0.214. The van der Waals surface area contributed by atoms with Crippen molar-refractivity contribution >= 4 is 22.5 Å². The molecular weight excluding hydrogens is 260 g/mol. The SMILES string of the molecule is ClCCCc1cn(-c2cccc3ncccc23)nn1. The summed E-state index contributed by atoms with van der Waals surface area (Å²) in [6.07, 6.45) is 5.51. The van der Waals surface area contributed by atoms with Crippen molar-refractivity contribution in [3.05, 3.63) is 48.4 Å². The van der Waals surface area contributed by atoms with E-state index in [1.54, 1.807) is 10.9 Å². The van der Waals surface area contributed by atoms with Crippen molar-refractivity contribution in [1.29, 1.82) is 0 Å². The highest BCUT2D eigenvalue weighted by molar-refractivity contribution is 6.17. The van der Waals surface area contributed by atoms with Crippen LogP contribution in [-0.2, 0) is 6.42 Å². The van der Waals surface area contributed by atoms with Crippen molar-refractivity contribution in [3.63, 3.8) is 0 Å². The second-order valence-corrected chi connectivity index (χ2v) is 4.67. The Morgan fingerprint density at radius 1 is 1.16 bits per heavy atom. The van der Waals surface area contributed by atoms with Gasteiger partial charge < -0.3 is 0 Å². The van der Waals surface area contributed by atoms with Crippen LogP contribution in [0.2, 0.25) is 0 Å². The van der Waals surface area contributed by atoms with E-state index in [4.69, 9.17) is 11.6 Å². The lowest BCUT2D eigenvalue weighted by molar-refractivity contribution is 0.796. The number of nitrogens with zero attached hydrogens (tertiary/aromatic N) is 4. The smallest absolute Gasteiger partial charge is 0.0832 e. The number of benzene rings is 1. The van der Waals surface area contributed by atoms with E-state index in [9.17, 15) is 0 Å². The molecule has 2 aromatic heterocycles. The van der Waals surface area contributed by atoms with Crippen LogP contribution in [0.25, 0.3) is 16.6 Å². The van der Waals surface area contributed by atoms with Crippen molar-refractivity contribution in [2.75, 3.05) is 5.88 Å². The molecule has 4 nitrogen and oxygen atoms in total. The molecule has 0 fully saturated rings. The van der Waals surface area contributed by atoms with E-state index in [1.165, 1.54) is 0 Å². The number of alkyl halides is 1. The molecular formula is C14H13ClN4. The van der Waals surface area contributed by atoms with Crippen LogP contribution in [0.1, 0.15) is 12.1 Å². The topological polar surface area (TPSA) is 43.6 Å². The van der Waals surface area contributed by atoms with Gasteiger partial charge in [-0.3, -0.25) is 4.98 Å². The fourth-order valence-electron chi connectivity index (χ4n) is 2.07. The molecule has 0 amide bonds. The van der Waals surface area contributed by atoms with Crippen LogP contribution in [0.15, 0.2) is 42.7 Å². The maximum atomic E-state index is 5.69. The Morgan fingerprint density at radius 2 is 2.11 bits per heavy atom. The molecule has 19 heavy (non-hydrogen) atoms. The van der Waals surface area contributed by atoms with Crippen LogP contribution < -0.4 is 0 Å². The van der Waals surface area contributed by atoms with Crippen molar-refractivity contribution in [3.8, 4) is 5.69 Å². The minimum Gasteiger partial charge on any atom is -0.256 e. The minimum absolute atomic E-state index is 0.644. The van der Waals surface area contributed by atoms with Crippen LogP contribution >= 0.6 is 11.6 Å². The van der Waals surface area contributed by atoms with Gasteiger partial charge in [-0.2, -0.15) is 0 Å². The van der Waals surface area contributed by atoms with Crippen molar-refractivity contribution in [1.82, 2.24) is 20.0 Å². The summed E-state index contributed by atoms with van der Waals surface area (Å²) in [6.45, 7) is 0. The Morgan fingerprint density at radius 3 is 3.00 bits per heavy atom. The van der Waals surface area contributed by atoms with Gasteiger partial charge in [0, 0.05) is 17.5 Å². The van der Waals surface area contributed by atoms with Crippen molar-refractivity contribution in [2.24, 2.45) is 0 Å². The lowest BCUT2D eigenvalue weighted by atomic mass is 10.2. The zero-order valence-corrected chi connectivity index (χ0v) is 11.1. The molecule has 0 unspecified atom stereocenters. The highest BCUT2D eigenvalue weighted by Crippen LogP contribution is 2.19. The second kappa shape index (κ2) is 5.36. The average Bonchev–Trinajstić information content (AvgIpc) is 2.93. The summed E-state index contributed by atoms with van der Waals surface area (Å²) >= 11 is 5.69. The molecule has 3 aromatic rings. The van der Waals surface area contributed by atoms with E-state index in [0.717, 1.165) is 35.1 Å². The maximum absolute atomic E-state index is 5.69. The molecule has 96 valence electrons. The zero-order chi connectivity index (χ0) is 13.1. The van der Waals surface area contributed by atoms with Crippen molar-refractivity contribution in [2.45, 2.75) is 12.8 Å². The number of hydrogen-bond acceptors (Lipinski definition) is 3. The molecule has 0 aliphatic carbocycles. The molecule has 3 rings (SSSR count). The summed E-state index contributed by atoms with van der Waals surface area (Å²) in [6, 6.07) is 9.95. The molecule has 0 bridgehead atoms. The van der Waals surface area contributed by atoms with Crippen LogP contribution in [0.3, 0.4) is 0 Å². The number of hydrogen-bond donors (Lipinski definition) is 0. The van der Waals surface area contributed by atoms with Gasteiger partial charge in [-0.25, -0.2) is 4.68 Å². The van der Waals surface area contributed by atoms with Gasteiger partial charge >= 0.3 is 0 Å². The lowest BCUT2D eigenvalue weighted by Crippen LogP contribution is -1.96. The number of halogens is 1. The van der Waals surface area contributed by atoms with Gasteiger partial charge in [0.2, 0.25) is 0 Å². The Balaban J connectivity index is 2.02. The molecule has 5 heteroatoms. The Hall–Kier alpha value is -1.94. The van der Waals surface area contributed by atoms with E-state index in [0.29, 0.717) is 5.88 Å². The van der Waals surface area contributed by atoms with E-state index >= 15 is 0 Å². The number of aryl methyl sites for hydroxylation is 1. The molecule has 0 N–H and O–H groups in total. The third kappa shape index (κ3) is 2.44. The maximum Gasteiger partial charge on any atom is 0.0832 e. The van der Waals surface area contributed by atoms with Gasteiger partial charge in [0.25, 0.3) is 0 Å². The Bertz CT molecular complexity index is 687. The summed E-state index contributed by atoms with van der Waals surface area (Å²) in [5, 5.41) is 9.42. The normalized spacial score (nSPS) is 11.0. The quantitative estimate of drug-likeness (QED) is 0.686. The summed E-state index contributed by atoms with van der Waals surface area (Å²) < 4.78 is 1.80. The van der Waals surface area contributed by atoms with Crippen LogP contribution in [0.4, 0.5) is 0 Å². The van der Waals surface area contributed by atoms with Gasteiger partial charge in [0.1, 0.15) is 0 Å². The molecule has 0 saturated heterocycles. The standard InChI is InChI=1S/C14H13ClN4/c15-8-2-4-11-10-19(18-17-11)14-7-1-6-13-12(14)5-3-9-16-13/h1,3,5-7,9-10H,2,4,8H2. The van der Waals surface area contributed by atoms with Gasteiger partial charge in [0.05, 0.1) is 23.1 Å². The Labute approximate surface area is 116 Å². The molecule has 0 spiro atoms. The number of pyridine rings is 1. The summed E-state index contributed by atoms with van der Waals surface area (Å²) in [5.41, 5.74) is 2.91. The number of rotatable bonds is 4. The third-order valence-corrected chi connectivity index (χ3v) is 3.24. The Kier molecular flexibility index (Phi) is 3.42. The molecule has 0 aliphatic heterocycles. The van der Waals surface area contributed by atoms with Gasteiger partial charge in [-0.05, 0) is 37.1 Å². The molecule has 0 aliphatic rings. The summed E-state index contributed by atoms with van der Waals surface area (Å²) in [4.78, 5) is 4.34.